The van der Waals surface area contributed by atoms with E-state index in [2.05, 4.69) is 0 Å². The minimum Gasteiger partial charge on any atom is -0.455 e. The molecule has 0 saturated carbocycles. The van der Waals surface area contributed by atoms with Crippen molar-refractivity contribution in [3.8, 4) is 33.4 Å². The van der Waals surface area contributed by atoms with Crippen LogP contribution in [0.1, 0.15) is 46.7 Å². The first-order chi connectivity index (χ1) is 38.3. The van der Waals surface area contributed by atoms with E-state index >= 15 is 0 Å². The number of furan rings is 1. The van der Waals surface area contributed by atoms with Crippen LogP contribution in [-0.4, -0.2) is 0 Å². The Labute approximate surface area is 343 Å². The zero-order valence-corrected chi connectivity index (χ0v) is 26.1. The van der Waals surface area contributed by atoms with Crippen molar-refractivity contribution in [3.05, 3.63) is 181 Å². The fourth-order valence-electron chi connectivity index (χ4n) is 6.46. The summed E-state index contributed by atoms with van der Waals surface area (Å²) in [5.41, 5.74) is -6.43. The Morgan fingerprint density at radius 2 is 0.904 bits per heavy atom. The molecule has 1 aromatic heterocycles. The summed E-state index contributed by atoms with van der Waals surface area (Å²) in [6.07, 6.45) is 0. The number of fused-ring (bicyclic) bond motifs is 10. The third-order valence-corrected chi connectivity index (χ3v) is 8.76. The summed E-state index contributed by atoms with van der Waals surface area (Å²) < 4.78 is 279. The average Bonchev–Trinajstić information content (AvgIpc) is 1.09. The Morgan fingerprint density at radius 3 is 1.62 bits per heavy atom. The molecule has 0 aliphatic carbocycles. The van der Waals surface area contributed by atoms with Crippen molar-refractivity contribution >= 4 is 75.8 Å². The van der Waals surface area contributed by atoms with Crippen LogP contribution in [-0.2, 0) is 0 Å². The molecule has 0 atom stereocenters. The van der Waals surface area contributed by atoms with E-state index in [4.69, 9.17) is 27.7 Å². The molecular formula is C51H32O. The summed E-state index contributed by atoms with van der Waals surface area (Å²) in [4.78, 5) is 0. The van der Waals surface area contributed by atoms with Crippen LogP contribution < -0.4 is 0 Å². The molecule has 1 heterocycles. The monoisotopic (exact) mass is 690 g/mol. The van der Waals surface area contributed by atoms with E-state index in [1.165, 1.54) is 0 Å². The highest BCUT2D eigenvalue weighted by Crippen LogP contribution is 2.46. The van der Waals surface area contributed by atoms with E-state index in [0.717, 1.165) is 0 Å². The fraction of sp³-hybridized carbons (Fsp3) is 0.0196. The second-order valence-electron chi connectivity index (χ2n) is 11.6. The minimum atomic E-state index is -1.04. The maximum atomic E-state index is 10.1. The Morgan fingerprint density at radius 1 is 0.385 bits per heavy atom. The molecule has 0 aliphatic rings. The second kappa shape index (κ2) is 11.2. The first kappa shape index (κ1) is 12.2. The molecule has 0 amide bonds. The van der Waals surface area contributed by atoms with Crippen LogP contribution in [0.4, 0.5) is 0 Å². The van der Waals surface area contributed by atoms with Crippen molar-refractivity contribution in [2.75, 3.05) is 0 Å². The van der Waals surface area contributed by atoms with Gasteiger partial charge in [-0.1, -0.05) is 145 Å². The lowest BCUT2D eigenvalue weighted by molar-refractivity contribution is 0.672. The molecule has 0 fully saturated rings. The molecule has 242 valence electrons. The first-order valence-corrected chi connectivity index (χ1v) is 15.5. The van der Waals surface area contributed by atoms with Gasteiger partial charge in [0.15, 0.2) is 0 Å². The van der Waals surface area contributed by atoms with Crippen molar-refractivity contribution in [2.45, 2.75) is 6.90 Å². The fourth-order valence-corrected chi connectivity index (χ4v) is 6.46. The van der Waals surface area contributed by atoms with Gasteiger partial charge in [-0.3, -0.25) is 0 Å². The molecule has 1 nitrogen and oxygen atoms in total. The van der Waals surface area contributed by atoms with Crippen LogP contribution in [0.3, 0.4) is 0 Å². The third-order valence-electron chi connectivity index (χ3n) is 8.76. The number of hydrogen-bond donors (Lipinski definition) is 0. The number of benzene rings is 10. The third kappa shape index (κ3) is 4.30. The summed E-state index contributed by atoms with van der Waals surface area (Å²) in [5.74, 6) is 0. The minimum absolute atomic E-state index is 0.432. The van der Waals surface area contributed by atoms with Crippen LogP contribution in [0.5, 0.6) is 0 Å². The van der Waals surface area contributed by atoms with E-state index in [0.29, 0.717) is 0 Å². The number of hydrogen-bond acceptors (Lipinski definition) is 1. The largest absolute Gasteiger partial charge is 0.455 e. The average molecular weight is 691 g/mol. The van der Waals surface area contributed by atoms with Crippen LogP contribution in [0.15, 0.2) is 180 Å². The van der Waals surface area contributed by atoms with Crippen LogP contribution in [0, 0.1) is 6.90 Å². The highest BCUT2D eigenvalue weighted by atomic mass is 16.3. The first-order valence-electron chi connectivity index (χ1n) is 30.7. The van der Waals surface area contributed by atoms with Crippen molar-refractivity contribution in [3.63, 3.8) is 0 Å². The van der Waals surface area contributed by atoms with Gasteiger partial charge < -0.3 is 4.42 Å². The van der Waals surface area contributed by atoms with E-state index in [1.54, 1.807) is 0 Å². The van der Waals surface area contributed by atoms with Crippen LogP contribution >= 0.6 is 0 Å². The van der Waals surface area contributed by atoms with Gasteiger partial charge in [0.25, 0.3) is 0 Å². The quantitative estimate of drug-likeness (QED) is 0.133. The van der Waals surface area contributed by atoms with Crippen molar-refractivity contribution in [1.82, 2.24) is 0 Å². The van der Waals surface area contributed by atoms with Crippen molar-refractivity contribution < 1.29 is 45.5 Å². The van der Waals surface area contributed by atoms with Gasteiger partial charge in [-0.25, -0.2) is 0 Å². The maximum absolute atomic E-state index is 10.1. The lowest BCUT2D eigenvalue weighted by Gasteiger charge is -2.19. The van der Waals surface area contributed by atoms with E-state index in [9.17, 15) is 17.8 Å². The lowest BCUT2D eigenvalue weighted by atomic mass is 9.84. The highest BCUT2D eigenvalue weighted by Gasteiger charge is 2.19. The van der Waals surface area contributed by atoms with E-state index in [-0.39, 0.29) is 0 Å². The molecule has 0 radical (unpaired) electrons. The Bertz CT molecular complexity index is 4870. The molecule has 0 saturated heterocycles. The normalized spacial score (nSPS) is 20.0. The maximum Gasteiger partial charge on any atom is 0.143 e. The lowest BCUT2D eigenvalue weighted by Crippen LogP contribution is -1.92. The molecule has 0 bridgehead atoms. The zero-order valence-electron chi connectivity index (χ0n) is 56.1. The Balaban J connectivity index is 1.38. The molecule has 11 aromatic rings. The predicted octanol–water partition coefficient (Wildman–Crippen LogP) is 14.7. The van der Waals surface area contributed by atoms with Gasteiger partial charge in [0, 0.05) is 17.5 Å². The molecule has 1 heteroatoms. The molecule has 52 heavy (non-hydrogen) atoms. The Kier molecular flexibility index (Phi) is 2.62. The van der Waals surface area contributed by atoms with Crippen LogP contribution in [0.2, 0.25) is 0 Å². The summed E-state index contributed by atoms with van der Waals surface area (Å²) in [6, 6.07) is -26.2. The van der Waals surface area contributed by atoms with E-state index < -0.39 is 297 Å². The zero-order chi connectivity index (χ0) is 60.3. The van der Waals surface area contributed by atoms with Gasteiger partial charge >= 0.3 is 0 Å². The SMILES string of the molecule is [2H]Cc1c([2H])c([2H])c(-c2c3c([2H])c([2H])c([2H])c([2H])c3c(-c3c([2H])c([2H])c4oc5c6c([2H])c([2H])c([2H])c([2H])c6c([2H])c([2H])c5c4c3[2H])c3c([2H])c([2H])c([2H])c([2H])c23)c([2H])c1-c1c([2H])c([2H])c2c(c1[2H])c([2H])c([2H])c1c([2H])c([2H])c([2H])c([2H])c12. The topological polar surface area (TPSA) is 13.1 Å². The van der Waals surface area contributed by atoms with E-state index in [1.807, 2.05) is 0 Å². The van der Waals surface area contributed by atoms with Gasteiger partial charge in [-0.15, -0.1) is 0 Å². The van der Waals surface area contributed by atoms with Crippen molar-refractivity contribution in [1.29, 1.82) is 0 Å². The summed E-state index contributed by atoms with van der Waals surface area (Å²) in [5, 5.41) is -7.19. The van der Waals surface area contributed by atoms with Gasteiger partial charge in [-0.05, 0) is 125 Å². The Hall–Kier alpha value is -6.70. The molecule has 11 rings (SSSR count). The number of rotatable bonds is 3. The van der Waals surface area contributed by atoms with Gasteiger partial charge in [-0.2, -0.15) is 0 Å². The molecule has 0 aliphatic heterocycles. The summed E-state index contributed by atoms with van der Waals surface area (Å²) >= 11 is 0. The van der Waals surface area contributed by atoms with Gasteiger partial charge in [0.2, 0.25) is 0 Å². The van der Waals surface area contributed by atoms with Gasteiger partial charge in [0.1, 0.15) is 11.2 Å². The molecule has 10 aromatic carbocycles. The molecular weight excluding hydrogens is 629 g/mol. The highest BCUT2D eigenvalue weighted by molar-refractivity contribution is 6.23. The summed E-state index contributed by atoms with van der Waals surface area (Å²) in [7, 11) is 0. The predicted molar refractivity (Wildman–Crippen MR) is 222 cm³/mol. The second-order valence-corrected chi connectivity index (χ2v) is 11.6. The van der Waals surface area contributed by atoms with Gasteiger partial charge in [0.05, 0.1) is 39.8 Å². The smallest absolute Gasteiger partial charge is 0.143 e. The van der Waals surface area contributed by atoms with Crippen LogP contribution in [0.25, 0.3) is 109 Å². The summed E-state index contributed by atoms with van der Waals surface area (Å²) in [6.45, 7) is -1.00. The molecule has 0 unspecified atom stereocenters. The molecule has 0 spiro atoms. The standard InChI is InChI=1S/C51H32O/c1-31-18-19-36(29-46(31)35-23-25-39-34(28-35)21-20-32-10-2-4-12-38(32)39)49-41-14-6-8-16-43(41)50(44-17-9-7-15-42(44)49)37-24-27-48-47(30-37)45-26-22-33-11-3-5-13-40(33)51(45)52-48/h2-30H,1H3/i1D,2D,3D,4D,5D,6D,7D,8D,9D,10D,11D,12D,13D,14D,15D,16D,17D,18D,19D,20D,21D,22D,23D,24D,25D,26D,27D,28D,29D,30D. The van der Waals surface area contributed by atoms with Crippen molar-refractivity contribution in [2.24, 2.45) is 0 Å². The molecule has 0 N–H and O–H groups in total.